The third-order valence-electron chi connectivity index (χ3n) is 3.37. The molecule has 0 saturated carbocycles. The van der Waals surface area contributed by atoms with Gasteiger partial charge in [0.1, 0.15) is 5.60 Å². The second-order valence-corrected chi connectivity index (χ2v) is 7.07. The largest absolute Gasteiger partial charge is 0.444 e. The molecule has 0 spiro atoms. The monoisotopic (exact) mass is 285 g/mol. The van der Waals surface area contributed by atoms with Crippen LogP contribution >= 0.6 is 0 Å². The number of amides is 1. The van der Waals surface area contributed by atoms with Crippen LogP contribution in [0.4, 0.5) is 4.79 Å². The van der Waals surface area contributed by atoms with E-state index in [2.05, 4.69) is 31.2 Å². The van der Waals surface area contributed by atoms with Gasteiger partial charge in [-0.3, -0.25) is 0 Å². The number of rotatable bonds is 5. The number of hydrogen-bond donors (Lipinski definition) is 1. The summed E-state index contributed by atoms with van der Waals surface area (Å²) in [5.74, 6) is 0. The molecule has 0 aromatic carbocycles. The van der Waals surface area contributed by atoms with Crippen molar-refractivity contribution in [1.82, 2.24) is 15.1 Å². The number of carbonyl (C=O) groups is 1. The SMILES string of the molecule is CC(CCN(C)C)NC1CCN(C(=O)OC(C)(C)C)C1. The highest BCUT2D eigenvalue weighted by molar-refractivity contribution is 5.68. The first-order chi connectivity index (χ1) is 9.17. The standard InChI is InChI=1S/C15H31N3O2/c1-12(7-9-17(5)6)16-13-8-10-18(11-13)14(19)20-15(2,3)4/h12-13,16H,7-11H2,1-6H3. The van der Waals surface area contributed by atoms with Gasteiger partial charge in [0.25, 0.3) is 0 Å². The summed E-state index contributed by atoms with van der Waals surface area (Å²) in [6.45, 7) is 10.5. The van der Waals surface area contributed by atoms with Crippen molar-refractivity contribution >= 4 is 6.09 Å². The molecular weight excluding hydrogens is 254 g/mol. The quantitative estimate of drug-likeness (QED) is 0.838. The first-order valence-electron chi connectivity index (χ1n) is 7.56. The Balaban J connectivity index is 2.31. The number of nitrogens with one attached hydrogen (secondary N) is 1. The fraction of sp³-hybridized carbons (Fsp3) is 0.933. The lowest BCUT2D eigenvalue weighted by Crippen LogP contribution is -2.41. The van der Waals surface area contributed by atoms with Gasteiger partial charge in [0.05, 0.1) is 0 Å². The summed E-state index contributed by atoms with van der Waals surface area (Å²) >= 11 is 0. The third-order valence-corrected chi connectivity index (χ3v) is 3.37. The lowest BCUT2D eigenvalue weighted by atomic mass is 10.2. The normalized spacial score (nSPS) is 21.4. The van der Waals surface area contributed by atoms with Gasteiger partial charge in [-0.2, -0.15) is 0 Å². The van der Waals surface area contributed by atoms with Crippen LogP contribution in [0, 0.1) is 0 Å². The number of ether oxygens (including phenoxy) is 1. The lowest BCUT2D eigenvalue weighted by molar-refractivity contribution is 0.0290. The van der Waals surface area contributed by atoms with Gasteiger partial charge in [-0.15, -0.1) is 0 Å². The maximum Gasteiger partial charge on any atom is 0.410 e. The topological polar surface area (TPSA) is 44.8 Å². The molecule has 0 radical (unpaired) electrons. The van der Waals surface area contributed by atoms with E-state index in [9.17, 15) is 4.79 Å². The summed E-state index contributed by atoms with van der Waals surface area (Å²) in [4.78, 5) is 16.0. The minimum atomic E-state index is -0.415. The summed E-state index contributed by atoms with van der Waals surface area (Å²) < 4.78 is 5.41. The fourth-order valence-corrected chi connectivity index (χ4v) is 2.33. The van der Waals surface area contributed by atoms with Gasteiger partial charge in [-0.1, -0.05) is 0 Å². The minimum Gasteiger partial charge on any atom is -0.444 e. The Bertz CT molecular complexity index is 313. The van der Waals surface area contributed by atoms with Crippen LogP contribution in [0.3, 0.4) is 0 Å². The molecule has 118 valence electrons. The van der Waals surface area contributed by atoms with Gasteiger partial charge < -0.3 is 19.9 Å². The molecule has 1 rings (SSSR count). The molecule has 1 heterocycles. The summed E-state index contributed by atoms with van der Waals surface area (Å²) in [5.41, 5.74) is -0.415. The Kier molecular flexibility index (Phi) is 6.27. The van der Waals surface area contributed by atoms with Crippen LogP contribution in [0.1, 0.15) is 40.5 Å². The van der Waals surface area contributed by atoms with Crippen molar-refractivity contribution in [2.75, 3.05) is 33.7 Å². The van der Waals surface area contributed by atoms with E-state index in [4.69, 9.17) is 4.74 Å². The van der Waals surface area contributed by atoms with E-state index in [-0.39, 0.29) is 6.09 Å². The summed E-state index contributed by atoms with van der Waals surface area (Å²) in [5, 5.41) is 3.61. The summed E-state index contributed by atoms with van der Waals surface area (Å²) in [6, 6.07) is 0.862. The number of hydrogen-bond acceptors (Lipinski definition) is 4. The zero-order valence-corrected chi connectivity index (χ0v) is 13.9. The molecule has 0 bridgehead atoms. The van der Waals surface area contributed by atoms with Crippen LogP contribution in [0.5, 0.6) is 0 Å². The van der Waals surface area contributed by atoms with Crippen LogP contribution < -0.4 is 5.32 Å². The van der Waals surface area contributed by atoms with Crippen molar-refractivity contribution in [1.29, 1.82) is 0 Å². The average Bonchev–Trinajstić information content (AvgIpc) is 2.72. The van der Waals surface area contributed by atoms with E-state index in [1.165, 1.54) is 0 Å². The lowest BCUT2D eigenvalue weighted by Gasteiger charge is -2.25. The van der Waals surface area contributed by atoms with E-state index in [0.717, 1.165) is 32.5 Å². The highest BCUT2D eigenvalue weighted by Gasteiger charge is 2.30. The molecular formula is C15H31N3O2. The average molecular weight is 285 g/mol. The zero-order chi connectivity index (χ0) is 15.3. The molecule has 1 aliphatic rings. The minimum absolute atomic E-state index is 0.192. The van der Waals surface area contributed by atoms with E-state index < -0.39 is 5.60 Å². The maximum atomic E-state index is 12.0. The van der Waals surface area contributed by atoms with Gasteiger partial charge in [0.15, 0.2) is 0 Å². The molecule has 1 aliphatic heterocycles. The van der Waals surface area contributed by atoms with E-state index in [1.807, 2.05) is 25.7 Å². The predicted octanol–water partition coefficient (Wildman–Crippen LogP) is 1.93. The summed E-state index contributed by atoms with van der Waals surface area (Å²) in [6.07, 6.45) is 1.93. The van der Waals surface area contributed by atoms with Crippen molar-refractivity contribution in [3.8, 4) is 0 Å². The van der Waals surface area contributed by atoms with Crippen molar-refractivity contribution in [3.05, 3.63) is 0 Å². The van der Waals surface area contributed by atoms with Gasteiger partial charge in [-0.25, -0.2) is 4.79 Å². The molecule has 2 unspecified atom stereocenters. The van der Waals surface area contributed by atoms with Gasteiger partial charge >= 0.3 is 6.09 Å². The van der Waals surface area contributed by atoms with Crippen LogP contribution in [-0.4, -0.2) is 67.3 Å². The number of nitrogens with zero attached hydrogens (tertiary/aromatic N) is 2. The Morgan fingerprint density at radius 1 is 1.45 bits per heavy atom. The molecule has 0 aromatic rings. The molecule has 1 saturated heterocycles. The Hall–Kier alpha value is -0.810. The Morgan fingerprint density at radius 2 is 2.10 bits per heavy atom. The molecule has 1 amide bonds. The van der Waals surface area contributed by atoms with Crippen molar-refractivity contribution in [2.45, 2.75) is 58.2 Å². The van der Waals surface area contributed by atoms with E-state index in [0.29, 0.717) is 12.1 Å². The predicted molar refractivity (Wildman–Crippen MR) is 82.0 cm³/mol. The molecule has 5 heteroatoms. The molecule has 2 atom stereocenters. The summed E-state index contributed by atoms with van der Waals surface area (Å²) in [7, 11) is 4.18. The zero-order valence-electron chi connectivity index (χ0n) is 13.9. The number of likely N-dealkylation sites (tertiary alicyclic amines) is 1. The van der Waals surface area contributed by atoms with Crippen LogP contribution in [0.15, 0.2) is 0 Å². The van der Waals surface area contributed by atoms with Crippen molar-refractivity contribution in [2.24, 2.45) is 0 Å². The van der Waals surface area contributed by atoms with Crippen LogP contribution in [0.25, 0.3) is 0 Å². The second-order valence-electron chi connectivity index (χ2n) is 7.07. The van der Waals surface area contributed by atoms with E-state index >= 15 is 0 Å². The van der Waals surface area contributed by atoms with E-state index in [1.54, 1.807) is 0 Å². The van der Waals surface area contributed by atoms with Crippen LogP contribution in [-0.2, 0) is 4.74 Å². The first-order valence-corrected chi connectivity index (χ1v) is 7.56. The van der Waals surface area contributed by atoms with Crippen molar-refractivity contribution in [3.63, 3.8) is 0 Å². The van der Waals surface area contributed by atoms with Crippen LogP contribution in [0.2, 0.25) is 0 Å². The smallest absolute Gasteiger partial charge is 0.410 e. The molecule has 0 aliphatic carbocycles. The number of carbonyl (C=O) groups excluding carboxylic acids is 1. The third kappa shape index (κ3) is 6.57. The second kappa shape index (κ2) is 7.27. The van der Waals surface area contributed by atoms with Crippen molar-refractivity contribution < 1.29 is 9.53 Å². The molecule has 5 nitrogen and oxygen atoms in total. The molecule has 1 fully saturated rings. The Morgan fingerprint density at radius 3 is 2.65 bits per heavy atom. The van der Waals surface area contributed by atoms with Gasteiger partial charge in [0, 0.05) is 25.2 Å². The Labute approximate surface area is 123 Å². The fourth-order valence-electron chi connectivity index (χ4n) is 2.33. The van der Waals surface area contributed by atoms with Gasteiger partial charge in [0.2, 0.25) is 0 Å². The highest BCUT2D eigenvalue weighted by Crippen LogP contribution is 2.15. The molecule has 0 aromatic heterocycles. The highest BCUT2D eigenvalue weighted by atomic mass is 16.6. The maximum absolute atomic E-state index is 12.0. The first kappa shape index (κ1) is 17.2. The molecule has 20 heavy (non-hydrogen) atoms. The molecule has 1 N–H and O–H groups in total. The van der Waals surface area contributed by atoms with Gasteiger partial charge in [-0.05, 0) is 61.2 Å².